The van der Waals surface area contributed by atoms with Crippen molar-refractivity contribution < 1.29 is 4.52 Å². The highest BCUT2D eigenvalue weighted by Gasteiger charge is 2.18. The van der Waals surface area contributed by atoms with E-state index in [9.17, 15) is 0 Å². The van der Waals surface area contributed by atoms with Gasteiger partial charge in [0.25, 0.3) is 0 Å². The molecule has 2 aromatic rings. The van der Waals surface area contributed by atoms with Gasteiger partial charge in [0.2, 0.25) is 0 Å². The molecule has 1 unspecified atom stereocenters. The third-order valence-electron chi connectivity index (χ3n) is 3.82. The van der Waals surface area contributed by atoms with Crippen LogP contribution in [0.2, 0.25) is 0 Å². The molecule has 0 fully saturated rings. The molecule has 19 heavy (non-hydrogen) atoms. The van der Waals surface area contributed by atoms with Crippen LogP contribution in [0.3, 0.4) is 0 Å². The van der Waals surface area contributed by atoms with Crippen molar-refractivity contribution in [2.24, 2.45) is 0 Å². The number of aromatic nitrogens is 1. The van der Waals surface area contributed by atoms with Crippen LogP contribution in [0.5, 0.6) is 0 Å². The number of rotatable bonds is 3. The summed E-state index contributed by atoms with van der Waals surface area (Å²) in [5, 5.41) is 7.54. The number of hydrogen-bond donors (Lipinski definition) is 1. The summed E-state index contributed by atoms with van der Waals surface area (Å²) in [6.45, 7) is 2.70. The molecule has 0 saturated heterocycles. The van der Waals surface area contributed by atoms with Gasteiger partial charge in [-0.2, -0.15) is 0 Å². The summed E-state index contributed by atoms with van der Waals surface area (Å²) in [5.74, 6) is 0.916. The van der Waals surface area contributed by atoms with E-state index < -0.39 is 0 Å². The highest BCUT2D eigenvalue weighted by molar-refractivity contribution is 5.31. The molecule has 3 heteroatoms. The molecule has 0 saturated carbocycles. The van der Waals surface area contributed by atoms with Gasteiger partial charge in [0.1, 0.15) is 0 Å². The fourth-order valence-electron chi connectivity index (χ4n) is 2.86. The minimum Gasteiger partial charge on any atom is -0.360 e. The van der Waals surface area contributed by atoms with Crippen LogP contribution in [-0.2, 0) is 13.0 Å². The van der Waals surface area contributed by atoms with Crippen molar-refractivity contribution in [3.05, 3.63) is 52.9 Å². The highest BCUT2D eigenvalue weighted by Crippen LogP contribution is 2.28. The van der Waals surface area contributed by atoms with E-state index in [1.165, 1.54) is 36.8 Å². The van der Waals surface area contributed by atoms with Gasteiger partial charge in [-0.25, -0.2) is 0 Å². The van der Waals surface area contributed by atoms with Crippen LogP contribution in [0.4, 0.5) is 0 Å². The van der Waals surface area contributed by atoms with E-state index in [1.54, 1.807) is 0 Å². The molecule has 1 aromatic heterocycles. The van der Waals surface area contributed by atoms with Gasteiger partial charge in [-0.3, -0.25) is 0 Å². The zero-order valence-electron chi connectivity index (χ0n) is 11.4. The van der Waals surface area contributed by atoms with Crippen LogP contribution in [-0.4, -0.2) is 5.16 Å². The second kappa shape index (κ2) is 5.57. The molecule has 0 aliphatic heterocycles. The van der Waals surface area contributed by atoms with Crippen molar-refractivity contribution in [2.75, 3.05) is 0 Å². The van der Waals surface area contributed by atoms with Gasteiger partial charge >= 0.3 is 0 Å². The van der Waals surface area contributed by atoms with Gasteiger partial charge in [0, 0.05) is 12.1 Å². The maximum Gasteiger partial charge on any atom is 0.150 e. The Bertz CT molecular complexity index is 547. The average molecular weight is 256 g/mol. The Hall–Kier alpha value is -1.61. The summed E-state index contributed by atoms with van der Waals surface area (Å²) >= 11 is 0. The van der Waals surface area contributed by atoms with E-state index in [-0.39, 0.29) is 0 Å². The smallest absolute Gasteiger partial charge is 0.150 e. The van der Waals surface area contributed by atoms with Gasteiger partial charge in [-0.05, 0) is 37.3 Å². The fraction of sp³-hybridized carbons (Fsp3) is 0.438. The van der Waals surface area contributed by atoms with E-state index in [2.05, 4.69) is 34.7 Å². The predicted octanol–water partition coefficient (Wildman–Crippen LogP) is 3.54. The third-order valence-corrected chi connectivity index (χ3v) is 3.82. The zero-order valence-corrected chi connectivity index (χ0v) is 11.4. The maximum absolute atomic E-state index is 5.26. The van der Waals surface area contributed by atoms with E-state index in [1.807, 2.05) is 13.0 Å². The zero-order chi connectivity index (χ0) is 13.1. The molecule has 1 aliphatic rings. The maximum atomic E-state index is 5.26. The lowest BCUT2D eigenvalue weighted by molar-refractivity contribution is 0.357. The van der Waals surface area contributed by atoms with Crippen molar-refractivity contribution in [3.8, 4) is 0 Å². The molecular formula is C16H20N2O. The van der Waals surface area contributed by atoms with E-state index in [4.69, 9.17) is 4.52 Å². The lowest BCUT2D eigenvalue weighted by atomic mass is 9.99. The largest absolute Gasteiger partial charge is 0.360 e. The third kappa shape index (κ3) is 2.87. The van der Waals surface area contributed by atoms with Crippen LogP contribution in [0, 0.1) is 6.92 Å². The van der Waals surface area contributed by atoms with Crippen LogP contribution < -0.4 is 5.32 Å². The quantitative estimate of drug-likeness (QED) is 0.854. The minimum atomic E-state index is 0.434. The Balaban J connectivity index is 1.73. The van der Waals surface area contributed by atoms with Gasteiger partial charge in [0.05, 0.1) is 12.2 Å². The molecule has 3 rings (SSSR count). The summed E-state index contributed by atoms with van der Waals surface area (Å²) in [5.41, 5.74) is 3.89. The summed E-state index contributed by atoms with van der Waals surface area (Å²) in [6.07, 6.45) is 4.97. The number of benzene rings is 1. The number of nitrogens with one attached hydrogen (secondary N) is 1. The molecule has 1 N–H and O–H groups in total. The Morgan fingerprint density at radius 2 is 2.21 bits per heavy atom. The molecule has 0 bridgehead atoms. The van der Waals surface area contributed by atoms with Crippen LogP contribution in [0.25, 0.3) is 0 Å². The van der Waals surface area contributed by atoms with E-state index >= 15 is 0 Å². The average Bonchev–Trinajstić information content (AvgIpc) is 2.73. The number of hydrogen-bond acceptors (Lipinski definition) is 3. The molecule has 1 aromatic carbocycles. The number of aryl methyl sites for hydroxylation is 2. The standard InChI is InChI=1S/C16H20N2O/c1-12-10-14(19-18-12)11-17-16-9-5-3-7-13-6-2-4-8-15(13)16/h2,4,6,8,10,16-17H,3,5,7,9,11H2,1H3. The Kier molecular flexibility index (Phi) is 3.65. The first-order valence-corrected chi connectivity index (χ1v) is 7.06. The van der Waals surface area contributed by atoms with Crippen molar-refractivity contribution in [2.45, 2.75) is 45.2 Å². The van der Waals surface area contributed by atoms with Gasteiger partial charge in [0.15, 0.2) is 5.76 Å². The van der Waals surface area contributed by atoms with Gasteiger partial charge in [-0.15, -0.1) is 0 Å². The van der Waals surface area contributed by atoms with Crippen molar-refractivity contribution in [1.29, 1.82) is 0 Å². The molecule has 0 radical (unpaired) electrons. The molecule has 1 aliphatic carbocycles. The normalized spacial score (nSPS) is 18.9. The first kappa shape index (κ1) is 12.4. The highest BCUT2D eigenvalue weighted by atomic mass is 16.5. The van der Waals surface area contributed by atoms with Crippen molar-refractivity contribution >= 4 is 0 Å². The van der Waals surface area contributed by atoms with E-state index in [0.29, 0.717) is 6.04 Å². The Morgan fingerprint density at radius 1 is 1.32 bits per heavy atom. The molecule has 3 nitrogen and oxygen atoms in total. The monoisotopic (exact) mass is 256 g/mol. The summed E-state index contributed by atoms with van der Waals surface area (Å²) in [4.78, 5) is 0. The first-order chi connectivity index (χ1) is 9.33. The molecule has 1 atom stereocenters. The van der Waals surface area contributed by atoms with Crippen molar-refractivity contribution in [3.63, 3.8) is 0 Å². The van der Waals surface area contributed by atoms with Gasteiger partial charge in [-0.1, -0.05) is 35.8 Å². The van der Waals surface area contributed by atoms with Crippen LogP contribution in [0.15, 0.2) is 34.9 Å². The van der Waals surface area contributed by atoms with Crippen LogP contribution >= 0.6 is 0 Å². The summed E-state index contributed by atoms with van der Waals surface area (Å²) in [7, 11) is 0. The molecule has 1 heterocycles. The molecule has 0 amide bonds. The second-order valence-electron chi connectivity index (χ2n) is 5.31. The number of nitrogens with zero attached hydrogens (tertiary/aromatic N) is 1. The first-order valence-electron chi connectivity index (χ1n) is 7.06. The number of fused-ring (bicyclic) bond motifs is 1. The molecule has 100 valence electrons. The lowest BCUT2D eigenvalue weighted by Crippen LogP contribution is -2.20. The Labute approximate surface area is 114 Å². The lowest BCUT2D eigenvalue weighted by Gasteiger charge is -2.18. The SMILES string of the molecule is Cc1cc(CNC2CCCCc3ccccc32)on1. The van der Waals surface area contributed by atoms with Gasteiger partial charge < -0.3 is 9.84 Å². The van der Waals surface area contributed by atoms with Crippen LogP contribution in [0.1, 0.15) is 47.9 Å². The Morgan fingerprint density at radius 3 is 3.05 bits per heavy atom. The minimum absolute atomic E-state index is 0.434. The summed E-state index contributed by atoms with van der Waals surface area (Å²) in [6, 6.07) is 11.2. The predicted molar refractivity (Wildman–Crippen MR) is 74.8 cm³/mol. The van der Waals surface area contributed by atoms with Crippen molar-refractivity contribution in [1.82, 2.24) is 10.5 Å². The summed E-state index contributed by atoms with van der Waals surface area (Å²) < 4.78 is 5.26. The van der Waals surface area contributed by atoms with E-state index in [0.717, 1.165) is 18.0 Å². The molecular weight excluding hydrogens is 236 g/mol. The second-order valence-corrected chi connectivity index (χ2v) is 5.31. The topological polar surface area (TPSA) is 38.1 Å². The fourth-order valence-corrected chi connectivity index (χ4v) is 2.86. The molecule has 0 spiro atoms.